The molecule has 3 aromatic heterocycles. The van der Waals surface area contributed by atoms with Crippen LogP contribution in [0.4, 0.5) is 38.7 Å². The molecule has 0 aliphatic carbocycles. The van der Waals surface area contributed by atoms with Gasteiger partial charge >= 0.3 is 6.36 Å². The Bertz CT molecular complexity index is 1620. The summed E-state index contributed by atoms with van der Waals surface area (Å²) >= 11 is 1.20. The Hall–Kier alpha value is -4.80. The largest absolute Gasteiger partial charge is 0.574 e. The molecule has 4 heterocycles. The fourth-order valence-corrected chi connectivity index (χ4v) is 5.15. The van der Waals surface area contributed by atoms with Crippen molar-refractivity contribution in [2.24, 2.45) is 0 Å². The summed E-state index contributed by atoms with van der Waals surface area (Å²) in [5.74, 6) is -2.56. The van der Waals surface area contributed by atoms with Gasteiger partial charge in [-0.3, -0.25) is 9.59 Å². The minimum Gasteiger partial charge on any atom is -0.388 e. The van der Waals surface area contributed by atoms with Gasteiger partial charge in [0.15, 0.2) is 11.6 Å². The highest BCUT2D eigenvalue weighted by Crippen LogP contribution is 2.33. The number of nitrogens with zero attached hydrogens (tertiary/aromatic N) is 6. The molecule has 43 heavy (non-hydrogen) atoms. The minimum atomic E-state index is -4.89. The molecule has 2 N–H and O–H groups in total. The number of rotatable bonds is 9. The molecule has 1 fully saturated rings. The van der Waals surface area contributed by atoms with E-state index in [-0.39, 0.29) is 41.0 Å². The standard InChI is InChI=1S/C26H21F5N8O3S/c27-16-5-4-14(18(28)11-16)10-21(40)34-25-38-37-24(43-25)15-8-9-39(13-15)20-7-6-19(35-36-20)33-22(41)12-17-2-1-3-23(32-17)42-26(29,30)31/h1-7,11,15H,8-10,12-13H2,(H,33,35,41)(H,34,38,40). The summed E-state index contributed by atoms with van der Waals surface area (Å²) in [6.07, 6.45) is -4.75. The van der Waals surface area contributed by atoms with Crippen molar-refractivity contribution in [3.8, 4) is 5.88 Å². The van der Waals surface area contributed by atoms with Crippen molar-refractivity contribution in [1.82, 2.24) is 25.4 Å². The van der Waals surface area contributed by atoms with E-state index in [0.29, 0.717) is 30.0 Å². The maximum Gasteiger partial charge on any atom is 0.574 e. The molecule has 17 heteroatoms. The zero-order chi connectivity index (χ0) is 30.6. The quantitative estimate of drug-likeness (QED) is 0.263. The fraction of sp³-hybridized carbons (Fsp3) is 0.269. The van der Waals surface area contributed by atoms with E-state index in [4.69, 9.17) is 0 Å². The molecule has 0 radical (unpaired) electrons. The third-order valence-electron chi connectivity index (χ3n) is 6.18. The Morgan fingerprint density at radius 3 is 2.53 bits per heavy atom. The highest BCUT2D eigenvalue weighted by atomic mass is 32.1. The van der Waals surface area contributed by atoms with E-state index in [9.17, 15) is 31.5 Å². The highest BCUT2D eigenvalue weighted by molar-refractivity contribution is 7.15. The second-order valence-corrected chi connectivity index (χ2v) is 10.4. The summed E-state index contributed by atoms with van der Waals surface area (Å²) in [6, 6.07) is 9.95. The monoisotopic (exact) mass is 620 g/mol. The number of hydrogen-bond acceptors (Lipinski definition) is 10. The van der Waals surface area contributed by atoms with Crippen LogP contribution in [-0.2, 0) is 22.4 Å². The molecule has 1 saturated heterocycles. The van der Waals surface area contributed by atoms with Crippen molar-refractivity contribution >= 4 is 39.9 Å². The first-order valence-corrected chi connectivity index (χ1v) is 13.5. The van der Waals surface area contributed by atoms with Gasteiger partial charge < -0.3 is 20.3 Å². The highest BCUT2D eigenvalue weighted by Gasteiger charge is 2.32. The van der Waals surface area contributed by atoms with Crippen LogP contribution in [0, 0.1) is 11.6 Å². The summed E-state index contributed by atoms with van der Waals surface area (Å²) in [6.45, 7) is 1.18. The zero-order valence-corrected chi connectivity index (χ0v) is 22.8. The van der Waals surface area contributed by atoms with Gasteiger partial charge in [-0.25, -0.2) is 13.8 Å². The lowest BCUT2D eigenvalue weighted by Gasteiger charge is -2.16. The molecule has 1 aliphatic heterocycles. The average Bonchev–Trinajstić information content (AvgIpc) is 3.60. The van der Waals surface area contributed by atoms with Crippen LogP contribution in [0.25, 0.3) is 0 Å². The van der Waals surface area contributed by atoms with Crippen molar-refractivity contribution in [3.63, 3.8) is 0 Å². The van der Waals surface area contributed by atoms with Gasteiger partial charge in [0.2, 0.25) is 22.8 Å². The molecule has 0 saturated carbocycles. The number of nitrogens with one attached hydrogen (secondary N) is 2. The van der Waals surface area contributed by atoms with Crippen molar-refractivity contribution in [1.29, 1.82) is 0 Å². The topological polar surface area (TPSA) is 135 Å². The summed E-state index contributed by atoms with van der Waals surface area (Å²) in [4.78, 5) is 30.3. The lowest BCUT2D eigenvalue weighted by molar-refractivity contribution is -0.276. The molecule has 4 aromatic rings. The molecule has 1 aromatic carbocycles. The number of halogens is 5. The zero-order valence-electron chi connectivity index (χ0n) is 21.9. The summed E-state index contributed by atoms with van der Waals surface area (Å²) in [5.41, 5.74) is 0.136. The first-order chi connectivity index (χ1) is 20.5. The third kappa shape index (κ3) is 8.15. The number of carbonyl (C=O) groups excluding carboxylic acids is 2. The molecule has 224 valence electrons. The van der Waals surface area contributed by atoms with Gasteiger partial charge in [-0.1, -0.05) is 23.5 Å². The van der Waals surface area contributed by atoms with Gasteiger partial charge in [0.1, 0.15) is 16.6 Å². The Morgan fingerprint density at radius 2 is 1.79 bits per heavy atom. The van der Waals surface area contributed by atoms with Crippen LogP contribution < -0.4 is 20.3 Å². The molecule has 0 bridgehead atoms. The smallest absolute Gasteiger partial charge is 0.388 e. The molecule has 1 aliphatic rings. The van der Waals surface area contributed by atoms with Crippen LogP contribution in [0.15, 0.2) is 48.5 Å². The maximum absolute atomic E-state index is 13.8. The van der Waals surface area contributed by atoms with E-state index in [1.165, 1.54) is 29.5 Å². The Labute approximate surface area is 244 Å². The lowest BCUT2D eigenvalue weighted by Crippen LogP contribution is -2.22. The van der Waals surface area contributed by atoms with Gasteiger partial charge in [-0.15, -0.1) is 33.6 Å². The number of aromatic nitrogens is 5. The first-order valence-electron chi connectivity index (χ1n) is 12.7. The molecule has 5 rings (SSSR count). The van der Waals surface area contributed by atoms with Gasteiger partial charge in [0.05, 0.1) is 18.5 Å². The number of anilines is 3. The normalized spacial score (nSPS) is 14.9. The predicted molar refractivity (Wildman–Crippen MR) is 143 cm³/mol. The molecule has 0 spiro atoms. The van der Waals surface area contributed by atoms with Crippen molar-refractivity contribution in [3.05, 3.63) is 76.4 Å². The van der Waals surface area contributed by atoms with Crippen LogP contribution in [-0.4, -0.2) is 56.6 Å². The Morgan fingerprint density at radius 1 is 0.977 bits per heavy atom. The molecular weight excluding hydrogens is 599 g/mol. The van der Waals surface area contributed by atoms with Crippen LogP contribution in [0.2, 0.25) is 0 Å². The number of carbonyl (C=O) groups is 2. The van der Waals surface area contributed by atoms with E-state index in [2.05, 4.69) is 40.7 Å². The SMILES string of the molecule is O=C(Cc1cccc(OC(F)(F)F)n1)Nc1ccc(N2CCC(c3nnc(NC(=O)Cc4ccc(F)cc4F)s3)C2)nn1. The van der Waals surface area contributed by atoms with E-state index in [0.717, 1.165) is 18.6 Å². The maximum atomic E-state index is 13.8. The van der Waals surface area contributed by atoms with Gasteiger partial charge in [0, 0.05) is 31.1 Å². The van der Waals surface area contributed by atoms with Crippen molar-refractivity contribution in [2.75, 3.05) is 28.6 Å². The molecular formula is C26H21F5N8O3S. The molecule has 11 nitrogen and oxygen atoms in total. The van der Waals surface area contributed by atoms with Gasteiger partial charge in [-0.2, -0.15) is 0 Å². The number of ether oxygens (including phenoxy) is 1. The average molecular weight is 621 g/mol. The van der Waals surface area contributed by atoms with Gasteiger partial charge in [-0.05, 0) is 36.2 Å². The number of pyridine rings is 1. The third-order valence-corrected chi connectivity index (χ3v) is 7.18. The first kappa shape index (κ1) is 29.7. The Kier molecular flexibility index (Phi) is 8.70. The van der Waals surface area contributed by atoms with Crippen LogP contribution in [0.5, 0.6) is 5.88 Å². The second kappa shape index (κ2) is 12.6. The van der Waals surface area contributed by atoms with Crippen LogP contribution in [0.1, 0.15) is 28.6 Å². The summed E-state index contributed by atoms with van der Waals surface area (Å²) in [5, 5.41) is 22.4. The van der Waals surface area contributed by atoms with E-state index in [1.807, 2.05) is 4.90 Å². The van der Waals surface area contributed by atoms with Gasteiger partial charge in [0.25, 0.3) is 0 Å². The summed E-state index contributed by atoms with van der Waals surface area (Å²) in [7, 11) is 0. The number of alkyl halides is 3. The second-order valence-electron chi connectivity index (χ2n) is 9.35. The van der Waals surface area contributed by atoms with Crippen molar-refractivity contribution in [2.45, 2.75) is 31.5 Å². The predicted octanol–water partition coefficient (Wildman–Crippen LogP) is 4.26. The van der Waals surface area contributed by atoms with E-state index >= 15 is 0 Å². The number of amides is 2. The van der Waals surface area contributed by atoms with E-state index < -0.39 is 35.7 Å². The van der Waals surface area contributed by atoms with Crippen LogP contribution >= 0.6 is 11.3 Å². The number of benzene rings is 1. The van der Waals surface area contributed by atoms with Crippen molar-refractivity contribution < 1.29 is 36.3 Å². The summed E-state index contributed by atoms with van der Waals surface area (Å²) < 4.78 is 67.9. The number of hydrogen-bond donors (Lipinski definition) is 2. The van der Waals surface area contributed by atoms with E-state index in [1.54, 1.807) is 12.1 Å². The molecule has 2 amide bonds. The molecule has 1 unspecified atom stereocenters. The Balaban J connectivity index is 1.11. The molecule has 1 atom stereocenters. The van der Waals surface area contributed by atoms with Crippen LogP contribution in [0.3, 0.4) is 0 Å². The lowest BCUT2D eigenvalue weighted by atomic mass is 10.1. The fourth-order valence-electron chi connectivity index (χ4n) is 4.27. The minimum absolute atomic E-state index is 0.00321.